The molecule has 6 heteroatoms. The van der Waals surface area contributed by atoms with Crippen LogP contribution in [0.2, 0.25) is 0 Å². The van der Waals surface area contributed by atoms with Gasteiger partial charge in [-0.1, -0.05) is 6.07 Å². The van der Waals surface area contributed by atoms with E-state index in [1.54, 1.807) is 30.1 Å². The number of likely N-dealkylation sites (N-methyl/N-ethyl adjacent to an activating group) is 1. The zero-order valence-corrected chi connectivity index (χ0v) is 10.0. The summed E-state index contributed by atoms with van der Waals surface area (Å²) >= 11 is 0. The quantitative estimate of drug-likeness (QED) is 0.580. The van der Waals surface area contributed by atoms with Crippen LogP contribution < -0.4 is 10.2 Å². The predicted octanol–water partition coefficient (Wildman–Crippen LogP) is 1.46. The molecule has 0 atom stereocenters. The van der Waals surface area contributed by atoms with Crippen molar-refractivity contribution < 1.29 is 10.0 Å². The summed E-state index contributed by atoms with van der Waals surface area (Å²) < 4.78 is 0. The van der Waals surface area contributed by atoms with Crippen LogP contribution in [0.25, 0.3) is 0 Å². The summed E-state index contributed by atoms with van der Waals surface area (Å²) in [5, 5.41) is 22.9. The van der Waals surface area contributed by atoms with Crippen LogP contribution in [0.1, 0.15) is 6.92 Å². The molecule has 6 nitrogen and oxygen atoms in total. The number of nitrogens with zero attached hydrogens (tertiary/aromatic N) is 2. The summed E-state index contributed by atoms with van der Waals surface area (Å²) in [4.78, 5) is 12.4. The summed E-state index contributed by atoms with van der Waals surface area (Å²) in [6.07, 6.45) is 0. The van der Waals surface area contributed by atoms with Gasteiger partial charge < -0.3 is 15.3 Å². The Morgan fingerprint density at radius 3 is 2.76 bits per heavy atom. The van der Waals surface area contributed by atoms with Crippen LogP contribution >= 0.6 is 0 Å². The number of hydrogen-bond acceptors (Lipinski definition) is 5. The summed E-state index contributed by atoms with van der Waals surface area (Å²) in [5.74, 6) is 0. The average Bonchev–Trinajstić information content (AvgIpc) is 2.29. The molecule has 0 saturated heterocycles. The maximum absolute atomic E-state index is 11.1. The Morgan fingerprint density at radius 2 is 2.24 bits per heavy atom. The summed E-state index contributed by atoms with van der Waals surface area (Å²) in [6.45, 7) is 2.82. The van der Waals surface area contributed by atoms with Gasteiger partial charge in [-0.25, -0.2) is 0 Å². The normalized spacial score (nSPS) is 10.1. The Balaban J connectivity index is 3.19. The Hall–Kier alpha value is -1.82. The minimum Gasteiger partial charge on any atom is -0.395 e. The van der Waals surface area contributed by atoms with Gasteiger partial charge in [-0.3, -0.25) is 10.1 Å². The number of rotatable bonds is 6. The van der Waals surface area contributed by atoms with Crippen molar-refractivity contribution in [3.63, 3.8) is 0 Å². The third kappa shape index (κ3) is 3.07. The van der Waals surface area contributed by atoms with Crippen molar-refractivity contribution >= 4 is 17.1 Å². The van der Waals surface area contributed by atoms with Gasteiger partial charge in [0.25, 0.3) is 0 Å². The SMILES string of the molecule is CCNc1cccc(N(C)CCO)c1[N+](=O)[O-]. The molecule has 0 aromatic heterocycles. The van der Waals surface area contributed by atoms with Gasteiger partial charge >= 0.3 is 5.69 Å². The number of anilines is 2. The highest BCUT2D eigenvalue weighted by Crippen LogP contribution is 2.34. The molecular formula is C11H17N3O3. The number of para-hydroxylation sites is 1. The highest BCUT2D eigenvalue weighted by molar-refractivity contribution is 5.76. The van der Waals surface area contributed by atoms with E-state index in [0.29, 0.717) is 24.5 Å². The zero-order valence-electron chi connectivity index (χ0n) is 10.0. The van der Waals surface area contributed by atoms with E-state index in [1.807, 2.05) is 6.92 Å². The lowest BCUT2D eigenvalue weighted by Gasteiger charge is -2.19. The van der Waals surface area contributed by atoms with E-state index >= 15 is 0 Å². The number of nitrogens with one attached hydrogen (secondary N) is 1. The first-order valence-electron chi connectivity index (χ1n) is 5.45. The van der Waals surface area contributed by atoms with Gasteiger partial charge in [0.05, 0.1) is 11.5 Å². The zero-order chi connectivity index (χ0) is 12.8. The van der Waals surface area contributed by atoms with Crippen molar-refractivity contribution in [2.24, 2.45) is 0 Å². The molecule has 1 aromatic rings. The van der Waals surface area contributed by atoms with E-state index in [9.17, 15) is 10.1 Å². The topological polar surface area (TPSA) is 78.6 Å². The highest BCUT2D eigenvalue weighted by Gasteiger charge is 2.21. The van der Waals surface area contributed by atoms with Crippen molar-refractivity contribution in [1.29, 1.82) is 0 Å². The molecule has 0 aliphatic carbocycles. The van der Waals surface area contributed by atoms with Gasteiger partial charge in [0.1, 0.15) is 11.4 Å². The van der Waals surface area contributed by atoms with Crippen LogP contribution in [0.15, 0.2) is 18.2 Å². The molecular weight excluding hydrogens is 222 g/mol. The fourth-order valence-electron chi connectivity index (χ4n) is 1.63. The molecule has 2 N–H and O–H groups in total. The fourth-order valence-corrected chi connectivity index (χ4v) is 1.63. The number of hydrogen-bond donors (Lipinski definition) is 2. The Kier molecular flexibility index (Phi) is 4.71. The lowest BCUT2D eigenvalue weighted by Crippen LogP contribution is -2.22. The molecule has 1 rings (SSSR count). The minimum absolute atomic E-state index is 0.0426. The molecule has 0 aliphatic rings. The van der Waals surface area contributed by atoms with Gasteiger partial charge in [0.15, 0.2) is 0 Å². The third-order valence-corrected chi connectivity index (χ3v) is 2.41. The Bertz CT molecular complexity index is 396. The van der Waals surface area contributed by atoms with Gasteiger partial charge in [0.2, 0.25) is 0 Å². The Morgan fingerprint density at radius 1 is 1.53 bits per heavy atom. The van der Waals surface area contributed by atoms with E-state index in [2.05, 4.69) is 5.32 Å². The molecule has 0 saturated carbocycles. The second-order valence-corrected chi connectivity index (χ2v) is 3.61. The second kappa shape index (κ2) is 6.05. The lowest BCUT2D eigenvalue weighted by molar-refractivity contribution is -0.383. The number of aliphatic hydroxyl groups excluding tert-OH is 1. The van der Waals surface area contributed by atoms with Crippen molar-refractivity contribution in [1.82, 2.24) is 0 Å². The van der Waals surface area contributed by atoms with Gasteiger partial charge in [-0.15, -0.1) is 0 Å². The van der Waals surface area contributed by atoms with Crippen LogP contribution in [0, 0.1) is 10.1 Å². The van der Waals surface area contributed by atoms with Gasteiger partial charge in [0, 0.05) is 20.1 Å². The van der Waals surface area contributed by atoms with Crippen molar-refractivity contribution in [3.05, 3.63) is 28.3 Å². The first-order chi connectivity index (χ1) is 8.11. The molecule has 17 heavy (non-hydrogen) atoms. The molecule has 0 aliphatic heterocycles. The molecule has 0 radical (unpaired) electrons. The Labute approximate surface area is 100 Å². The standard InChI is InChI=1S/C11H17N3O3/c1-3-12-9-5-4-6-10(11(9)14(16)17)13(2)7-8-15/h4-6,12,15H,3,7-8H2,1-2H3. The summed E-state index contributed by atoms with van der Waals surface area (Å²) in [7, 11) is 1.72. The summed E-state index contributed by atoms with van der Waals surface area (Å²) in [6, 6.07) is 5.11. The molecule has 94 valence electrons. The number of aliphatic hydroxyl groups is 1. The molecule has 0 amide bonds. The molecule has 0 bridgehead atoms. The van der Waals surface area contributed by atoms with Crippen LogP contribution in [0.5, 0.6) is 0 Å². The highest BCUT2D eigenvalue weighted by atomic mass is 16.6. The maximum atomic E-state index is 11.1. The number of nitro groups is 1. The van der Waals surface area contributed by atoms with Crippen LogP contribution in [0.3, 0.4) is 0 Å². The monoisotopic (exact) mass is 239 g/mol. The molecule has 1 aromatic carbocycles. The number of benzene rings is 1. The van der Waals surface area contributed by atoms with Crippen molar-refractivity contribution in [2.75, 3.05) is 37.0 Å². The summed E-state index contributed by atoms with van der Waals surface area (Å²) in [5.41, 5.74) is 1.05. The molecule has 0 unspecified atom stereocenters. The van der Waals surface area contributed by atoms with Crippen LogP contribution in [-0.4, -0.2) is 36.8 Å². The van der Waals surface area contributed by atoms with Crippen LogP contribution in [-0.2, 0) is 0 Å². The fraction of sp³-hybridized carbons (Fsp3) is 0.455. The number of nitro benzene ring substituents is 1. The van der Waals surface area contributed by atoms with E-state index < -0.39 is 4.92 Å². The first-order valence-corrected chi connectivity index (χ1v) is 5.45. The van der Waals surface area contributed by atoms with E-state index in [-0.39, 0.29) is 12.3 Å². The maximum Gasteiger partial charge on any atom is 0.315 e. The average molecular weight is 239 g/mol. The van der Waals surface area contributed by atoms with Crippen LogP contribution in [0.4, 0.5) is 17.1 Å². The minimum atomic E-state index is -0.402. The first kappa shape index (κ1) is 13.2. The van der Waals surface area contributed by atoms with Crippen molar-refractivity contribution in [3.8, 4) is 0 Å². The lowest BCUT2D eigenvalue weighted by atomic mass is 10.2. The molecule has 0 fully saturated rings. The predicted molar refractivity (Wildman–Crippen MR) is 67.6 cm³/mol. The smallest absolute Gasteiger partial charge is 0.315 e. The van der Waals surface area contributed by atoms with Gasteiger partial charge in [-0.05, 0) is 19.1 Å². The van der Waals surface area contributed by atoms with Gasteiger partial charge in [-0.2, -0.15) is 0 Å². The molecule has 0 spiro atoms. The van der Waals surface area contributed by atoms with E-state index in [1.165, 1.54) is 0 Å². The third-order valence-electron chi connectivity index (χ3n) is 2.41. The molecule has 0 heterocycles. The van der Waals surface area contributed by atoms with E-state index in [0.717, 1.165) is 0 Å². The second-order valence-electron chi connectivity index (χ2n) is 3.61. The largest absolute Gasteiger partial charge is 0.395 e. The van der Waals surface area contributed by atoms with E-state index in [4.69, 9.17) is 5.11 Å². The van der Waals surface area contributed by atoms with Crippen molar-refractivity contribution in [2.45, 2.75) is 6.92 Å².